The van der Waals surface area contributed by atoms with Crippen LogP contribution in [0.15, 0.2) is 46.9 Å². The Hall–Kier alpha value is -1.16. The van der Waals surface area contributed by atoms with Gasteiger partial charge in [0.15, 0.2) is 0 Å². The van der Waals surface area contributed by atoms with Crippen molar-refractivity contribution in [1.82, 2.24) is 4.90 Å². The van der Waals surface area contributed by atoms with Gasteiger partial charge in [0, 0.05) is 30.1 Å². The zero-order chi connectivity index (χ0) is 16.5. The summed E-state index contributed by atoms with van der Waals surface area (Å²) in [6, 6.07) is 16.4. The number of fused-ring (bicyclic) bond motifs is 2. The van der Waals surface area contributed by atoms with Crippen molar-refractivity contribution in [2.45, 2.75) is 44.8 Å². The van der Waals surface area contributed by atoms with Crippen molar-refractivity contribution in [3.05, 3.63) is 69.2 Å². The maximum Gasteiger partial charge on any atom is 0.0237 e. The summed E-state index contributed by atoms with van der Waals surface area (Å²) in [4.78, 5) is 2.72. The topological polar surface area (TPSA) is 29.3 Å². The van der Waals surface area contributed by atoms with Crippen LogP contribution in [0.3, 0.4) is 0 Å². The summed E-state index contributed by atoms with van der Waals surface area (Å²) in [5.74, 6) is 0.800. The molecule has 1 aliphatic carbocycles. The molecule has 1 saturated heterocycles. The Bertz CT molecular complexity index is 728. The lowest BCUT2D eigenvalue weighted by Crippen LogP contribution is -2.46. The number of benzene rings is 2. The highest BCUT2D eigenvalue weighted by Gasteiger charge is 2.31. The standard InChI is InChI=1S/C21H25BrN2/c22-21-10-16(5-7-19(21)12-23)14-24-13-15-6-8-20(24)11-18-4-2-1-3-17(18)9-15/h1-5,7,10,15,20H,6,8-9,11-14,23H2. The molecule has 0 radical (unpaired) electrons. The maximum absolute atomic E-state index is 5.78. The molecule has 0 aromatic heterocycles. The average Bonchev–Trinajstić information content (AvgIpc) is 2.56. The fraction of sp³-hybridized carbons (Fsp3) is 0.429. The number of hydrogen-bond donors (Lipinski definition) is 1. The van der Waals surface area contributed by atoms with E-state index in [4.69, 9.17) is 5.73 Å². The fourth-order valence-corrected chi connectivity index (χ4v) is 4.97. The largest absolute Gasteiger partial charge is 0.326 e. The first-order chi connectivity index (χ1) is 11.7. The number of piperidine rings is 1. The summed E-state index contributed by atoms with van der Waals surface area (Å²) < 4.78 is 1.14. The van der Waals surface area contributed by atoms with Crippen LogP contribution in [0, 0.1) is 5.92 Å². The molecule has 2 atom stereocenters. The van der Waals surface area contributed by atoms with Crippen molar-refractivity contribution < 1.29 is 0 Å². The number of nitrogens with two attached hydrogens (primary N) is 1. The van der Waals surface area contributed by atoms with Crippen molar-refractivity contribution >= 4 is 15.9 Å². The van der Waals surface area contributed by atoms with Gasteiger partial charge in [-0.15, -0.1) is 0 Å². The molecule has 2 bridgehead atoms. The van der Waals surface area contributed by atoms with E-state index in [-0.39, 0.29) is 0 Å². The van der Waals surface area contributed by atoms with Gasteiger partial charge in [0.25, 0.3) is 0 Å². The van der Waals surface area contributed by atoms with Gasteiger partial charge >= 0.3 is 0 Å². The fourth-order valence-electron chi connectivity index (χ4n) is 4.38. The van der Waals surface area contributed by atoms with E-state index < -0.39 is 0 Å². The molecule has 2 nitrogen and oxygen atoms in total. The number of halogens is 1. The van der Waals surface area contributed by atoms with Gasteiger partial charge in [0.1, 0.15) is 0 Å². The highest BCUT2D eigenvalue weighted by atomic mass is 79.9. The van der Waals surface area contributed by atoms with Crippen LogP contribution in [-0.2, 0) is 25.9 Å². The van der Waals surface area contributed by atoms with Crippen molar-refractivity contribution in [1.29, 1.82) is 0 Å². The van der Waals surface area contributed by atoms with Crippen LogP contribution in [0.5, 0.6) is 0 Å². The Balaban J connectivity index is 1.56. The molecule has 2 aromatic rings. The van der Waals surface area contributed by atoms with Crippen LogP contribution in [0.4, 0.5) is 0 Å². The second-order valence-electron chi connectivity index (χ2n) is 7.33. The van der Waals surface area contributed by atoms with E-state index in [0.717, 1.165) is 16.9 Å². The molecule has 3 heteroatoms. The Kier molecular flexibility index (Phi) is 4.75. The second kappa shape index (κ2) is 6.99. The van der Waals surface area contributed by atoms with Crippen LogP contribution in [-0.4, -0.2) is 17.5 Å². The Morgan fingerprint density at radius 3 is 2.58 bits per heavy atom. The van der Waals surface area contributed by atoms with E-state index in [0.29, 0.717) is 12.6 Å². The molecule has 0 spiro atoms. The molecule has 24 heavy (non-hydrogen) atoms. The lowest BCUT2D eigenvalue weighted by atomic mass is 9.80. The van der Waals surface area contributed by atoms with Crippen LogP contribution in [0.1, 0.15) is 35.1 Å². The van der Waals surface area contributed by atoms with Crippen molar-refractivity contribution in [2.75, 3.05) is 6.54 Å². The smallest absolute Gasteiger partial charge is 0.0237 e. The molecule has 126 valence electrons. The summed E-state index contributed by atoms with van der Waals surface area (Å²) in [6.45, 7) is 2.87. The van der Waals surface area contributed by atoms with Gasteiger partial charge in [0.2, 0.25) is 0 Å². The van der Waals surface area contributed by atoms with Crippen LogP contribution in [0.2, 0.25) is 0 Å². The molecule has 2 N–H and O–H groups in total. The summed E-state index contributed by atoms with van der Waals surface area (Å²) in [6.07, 6.45) is 5.16. The van der Waals surface area contributed by atoms with E-state index in [1.807, 2.05) is 0 Å². The predicted molar refractivity (Wildman–Crippen MR) is 103 cm³/mol. The van der Waals surface area contributed by atoms with Gasteiger partial charge in [-0.1, -0.05) is 52.3 Å². The molecule has 1 fully saturated rings. The molecule has 2 unspecified atom stereocenters. The highest BCUT2D eigenvalue weighted by molar-refractivity contribution is 9.10. The first kappa shape index (κ1) is 16.3. The van der Waals surface area contributed by atoms with E-state index >= 15 is 0 Å². The van der Waals surface area contributed by atoms with Crippen LogP contribution in [0.25, 0.3) is 0 Å². The van der Waals surface area contributed by atoms with Crippen molar-refractivity contribution in [3.63, 3.8) is 0 Å². The van der Waals surface area contributed by atoms with E-state index in [1.54, 1.807) is 11.1 Å². The quantitative estimate of drug-likeness (QED) is 0.854. The van der Waals surface area contributed by atoms with E-state index in [9.17, 15) is 0 Å². The SMILES string of the molecule is NCc1ccc(CN2CC3CCC2Cc2ccccc2C3)cc1Br. The minimum Gasteiger partial charge on any atom is -0.326 e. The van der Waals surface area contributed by atoms with Crippen molar-refractivity contribution in [2.24, 2.45) is 11.7 Å². The van der Waals surface area contributed by atoms with Gasteiger partial charge in [-0.2, -0.15) is 0 Å². The molecule has 2 aliphatic heterocycles. The summed E-state index contributed by atoms with van der Waals surface area (Å²) in [7, 11) is 0. The van der Waals surface area contributed by atoms with Gasteiger partial charge in [-0.3, -0.25) is 4.90 Å². The molecule has 0 saturated carbocycles. The third kappa shape index (κ3) is 3.30. The molecule has 3 aliphatic rings. The predicted octanol–water partition coefficient (Wildman–Crippen LogP) is 4.29. The second-order valence-corrected chi connectivity index (χ2v) is 8.19. The van der Waals surface area contributed by atoms with Crippen LogP contribution >= 0.6 is 15.9 Å². The maximum atomic E-state index is 5.78. The van der Waals surface area contributed by atoms with E-state index in [2.05, 4.69) is 63.3 Å². The molecular formula is C21H25BrN2. The number of nitrogens with zero attached hydrogens (tertiary/aromatic N) is 1. The Labute approximate surface area is 153 Å². The molecular weight excluding hydrogens is 360 g/mol. The minimum absolute atomic E-state index is 0.589. The van der Waals surface area contributed by atoms with Gasteiger partial charge < -0.3 is 5.73 Å². The summed E-state index contributed by atoms with van der Waals surface area (Å²) >= 11 is 3.66. The number of hydrogen-bond acceptors (Lipinski definition) is 2. The lowest BCUT2D eigenvalue weighted by Gasteiger charge is -2.42. The first-order valence-electron chi connectivity index (χ1n) is 9.01. The highest BCUT2D eigenvalue weighted by Crippen LogP contribution is 2.33. The van der Waals surface area contributed by atoms with Gasteiger partial charge in [0.05, 0.1) is 0 Å². The summed E-state index contributed by atoms with van der Waals surface area (Å²) in [5.41, 5.74) is 11.5. The average molecular weight is 385 g/mol. The molecule has 2 heterocycles. The van der Waals surface area contributed by atoms with Gasteiger partial charge in [-0.05, 0) is 59.9 Å². The monoisotopic (exact) mass is 384 g/mol. The van der Waals surface area contributed by atoms with Crippen molar-refractivity contribution in [3.8, 4) is 0 Å². The molecule has 5 rings (SSSR count). The lowest BCUT2D eigenvalue weighted by molar-refractivity contribution is 0.0938. The first-order valence-corrected chi connectivity index (χ1v) is 9.80. The van der Waals surface area contributed by atoms with Gasteiger partial charge in [-0.25, -0.2) is 0 Å². The Morgan fingerprint density at radius 2 is 1.83 bits per heavy atom. The minimum atomic E-state index is 0.589. The third-order valence-corrected chi connectivity index (χ3v) is 6.46. The zero-order valence-corrected chi connectivity index (χ0v) is 15.6. The normalized spacial score (nSPS) is 23.6. The third-order valence-electron chi connectivity index (χ3n) is 5.72. The zero-order valence-electron chi connectivity index (χ0n) is 14.0. The Morgan fingerprint density at radius 1 is 1.04 bits per heavy atom. The molecule has 0 amide bonds. The molecule has 2 aromatic carbocycles. The summed E-state index contributed by atoms with van der Waals surface area (Å²) in [5, 5.41) is 0. The number of rotatable bonds is 3. The van der Waals surface area contributed by atoms with E-state index in [1.165, 1.54) is 43.4 Å². The van der Waals surface area contributed by atoms with Crippen LogP contribution < -0.4 is 5.73 Å².